The highest BCUT2D eigenvalue weighted by molar-refractivity contribution is 5.71. The monoisotopic (exact) mass is 301 g/mol. The van der Waals surface area contributed by atoms with Crippen LogP contribution in [0.3, 0.4) is 0 Å². The van der Waals surface area contributed by atoms with Crippen molar-refractivity contribution in [3.63, 3.8) is 0 Å². The van der Waals surface area contributed by atoms with E-state index in [1.165, 1.54) is 6.42 Å². The molecule has 0 spiro atoms. The number of carbonyl (C=O) groups is 1. The molecule has 2 aromatic rings. The predicted octanol–water partition coefficient (Wildman–Crippen LogP) is 3.47. The molecule has 1 aliphatic rings. The van der Waals surface area contributed by atoms with Crippen molar-refractivity contribution in [1.29, 1.82) is 0 Å². The average Bonchev–Trinajstić information content (AvgIpc) is 2.95. The lowest BCUT2D eigenvalue weighted by Crippen LogP contribution is -2.37. The summed E-state index contributed by atoms with van der Waals surface area (Å²) in [6.07, 6.45) is 5.22. The van der Waals surface area contributed by atoms with Crippen LogP contribution in [-0.2, 0) is 0 Å². The third kappa shape index (κ3) is 3.63. The molecule has 3 rings (SSSR count). The molecule has 1 fully saturated rings. The molecule has 0 unspecified atom stereocenters. The molecule has 1 heterocycles. The molecule has 1 saturated carbocycles. The fraction of sp³-hybridized carbons (Fsp3) is 0.438. The Morgan fingerprint density at radius 2 is 2.14 bits per heavy atom. The molecule has 0 aliphatic heterocycles. The van der Waals surface area contributed by atoms with Gasteiger partial charge in [-0.05, 0) is 25.0 Å². The van der Waals surface area contributed by atoms with Crippen molar-refractivity contribution in [3.05, 3.63) is 30.2 Å². The summed E-state index contributed by atoms with van der Waals surface area (Å²) in [5, 5.41) is 6.78. The molecule has 1 N–H and O–H groups in total. The molecule has 1 aromatic carbocycles. The van der Waals surface area contributed by atoms with Crippen LogP contribution in [0.1, 0.15) is 38.0 Å². The lowest BCUT2D eigenvalue weighted by molar-refractivity contribution is 0.192. The van der Waals surface area contributed by atoms with Crippen LogP contribution in [0.4, 0.5) is 4.79 Å². The molecule has 116 valence electrons. The number of nitrogens with zero attached hydrogens (tertiary/aromatic N) is 2. The summed E-state index contributed by atoms with van der Waals surface area (Å²) in [5.74, 6) is 1.44. The number of aromatic nitrogens is 2. The molecular formula is C16H19N3O3. The smallest absolute Gasteiger partial charge is 0.410 e. The van der Waals surface area contributed by atoms with Crippen LogP contribution in [-0.4, -0.2) is 22.3 Å². The summed E-state index contributed by atoms with van der Waals surface area (Å²) in [5.41, 5.74) is 0.750. The second kappa shape index (κ2) is 6.60. The Bertz CT molecular complexity index is 648. The highest BCUT2D eigenvalue weighted by atomic mass is 16.6. The van der Waals surface area contributed by atoms with Gasteiger partial charge in [0.15, 0.2) is 0 Å². The van der Waals surface area contributed by atoms with E-state index in [4.69, 9.17) is 9.26 Å². The van der Waals surface area contributed by atoms with Gasteiger partial charge in [0.05, 0.1) is 0 Å². The summed E-state index contributed by atoms with van der Waals surface area (Å²) >= 11 is 0. The fourth-order valence-electron chi connectivity index (χ4n) is 2.67. The van der Waals surface area contributed by atoms with Gasteiger partial charge in [0.2, 0.25) is 11.7 Å². The van der Waals surface area contributed by atoms with Gasteiger partial charge in [-0.25, -0.2) is 4.79 Å². The van der Waals surface area contributed by atoms with Crippen molar-refractivity contribution in [3.8, 4) is 17.1 Å². The van der Waals surface area contributed by atoms with E-state index in [1.807, 2.05) is 6.07 Å². The van der Waals surface area contributed by atoms with Gasteiger partial charge in [0, 0.05) is 18.5 Å². The Balaban J connectivity index is 1.63. The lowest BCUT2D eigenvalue weighted by Gasteiger charge is -2.22. The fourth-order valence-corrected chi connectivity index (χ4v) is 2.67. The Morgan fingerprint density at radius 3 is 2.86 bits per heavy atom. The lowest BCUT2D eigenvalue weighted by atomic mass is 9.96. The molecule has 0 atom stereocenters. The third-order valence-corrected chi connectivity index (χ3v) is 3.76. The third-order valence-electron chi connectivity index (χ3n) is 3.76. The number of nitrogens with one attached hydrogen (secondary N) is 1. The van der Waals surface area contributed by atoms with Gasteiger partial charge in [0.25, 0.3) is 0 Å². The molecule has 0 bridgehead atoms. The first kappa shape index (κ1) is 14.6. The van der Waals surface area contributed by atoms with E-state index in [0.717, 1.165) is 31.2 Å². The van der Waals surface area contributed by atoms with E-state index in [1.54, 1.807) is 25.1 Å². The van der Waals surface area contributed by atoms with Crippen LogP contribution in [0.15, 0.2) is 28.8 Å². The maximum atomic E-state index is 11.9. The molecule has 1 amide bonds. The second-order valence-corrected chi connectivity index (χ2v) is 5.53. The Kier molecular flexibility index (Phi) is 4.37. The Morgan fingerprint density at radius 1 is 1.32 bits per heavy atom. The number of amides is 1. The molecule has 6 nitrogen and oxygen atoms in total. The SMILES string of the molecule is Cc1nc(-c2cccc(OC(=O)NC3CCCCC3)c2)no1. The van der Waals surface area contributed by atoms with E-state index in [9.17, 15) is 4.79 Å². The molecule has 1 aromatic heterocycles. The van der Waals surface area contributed by atoms with Gasteiger partial charge < -0.3 is 14.6 Å². The van der Waals surface area contributed by atoms with Gasteiger partial charge in [-0.2, -0.15) is 4.98 Å². The standard InChI is InChI=1S/C16H19N3O3/c1-11-17-15(19-22-11)12-6-5-9-14(10-12)21-16(20)18-13-7-3-2-4-8-13/h5-6,9-10,13H,2-4,7-8H2,1H3,(H,18,20). The zero-order valence-corrected chi connectivity index (χ0v) is 12.5. The quantitative estimate of drug-likeness (QED) is 0.939. The van der Waals surface area contributed by atoms with E-state index in [0.29, 0.717) is 17.5 Å². The number of hydrogen-bond donors (Lipinski definition) is 1. The summed E-state index contributed by atoms with van der Waals surface area (Å²) in [7, 11) is 0. The van der Waals surface area contributed by atoms with Crippen molar-refractivity contribution in [2.24, 2.45) is 0 Å². The van der Waals surface area contributed by atoms with E-state index in [2.05, 4.69) is 15.5 Å². The van der Waals surface area contributed by atoms with Gasteiger partial charge in [0.1, 0.15) is 5.75 Å². The van der Waals surface area contributed by atoms with Crippen molar-refractivity contribution >= 4 is 6.09 Å². The summed E-state index contributed by atoms with van der Waals surface area (Å²) in [6.45, 7) is 1.73. The van der Waals surface area contributed by atoms with Crippen LogP contribution in [0, 0.1) is 6.92 Å². The predicted molar refractivity (Wildman–Crippen MR) is 80.5 cm³/mol. The zero-order valence-electron chi connectivity index (χ0n) is 12.5. The Labute approximate surface area is 128 Å². The minimum absolute atomic E-state index is 0.226. The minimum atomic E-state index is -0.409. The average molecular weight is 301 g/mol. The number of carbonyl (C=O) groups excluding carboxylic acids is 1. The Hall–Kier alpha value is -2.37. The summed E-state index contributed by atoms with van der Waals surface area (Å²) < 4.78 is 10.3. The summed E-state index contributed by atoms with van der Waals surface area (Å²) in [6, 6.07) is 7.33. The van der Waals surface area contributed by atoms with E-state index in [-0.39, 0.29) is 6.04 Å². The largest absolute Gasteiger partial charge is 0.412 e. The molecule has 6 heteroatoms. The molecule has 0 saturated heterocycles. The van der Waals surface area contributed by atoms with Gasteiger partial charge in [-0.3, -0.25) is 0 Å². The summed E-state index contributed by atoms with van der Waals surface area (Å²) in [4.78, 5) is 16.1. The van der Waals surface area contributed by atoms with Gasteiger partial charge in [-0.1, -0.05) is 36.6 Å². The van der Waals surface area contributed by atoms with Gasteiger partial charge >= 0.3 is 6.09 Å². The first-order valence-corrected chi connectivity index (χ1v) is 7.60. The van der Waals surface area contributed by atoms with Crippen molar-refractivity contribution in [2.75, 3.05) is 0 Å². The topological polar surface area (TPSA) is 77.2 Å². The number of aryl methyl sites for hydroxylation is 1. The van der Waals surface area contributed by atoms with Crippen molar-refractivity contribution in [1.82, 2.24) is 15.5 Å². The van der Waals surface area contributed by atoms with Crippen LogP contribution in [0.2, 0.25) is 0 Å². The first-order valence-electron chi connectivity index (χ1n) is 7.60. The molecule has 0 radical (unpaired) electrons. The molecule has 22 heavy (non-hydrogen) atoms. The molecular weight excluding hydrogens is 282 g/mol. The van der Waals surface area contributed by atoms with Crippen LogP contribution < -0.4 is 10.1 Å². The number of rotatable bonds is 3. The normalized spacial score (nSPS) is 15.5. The maximum Gasteiger partial charge on any atom is 0.412 e. The van der Waals surface area contributed by atoms with Crippen molar-refractivity contribution in [2.45, 2.75) is 45.1 Å². The first-order chi connectivity index (χ1) is 10.7. The highest BCUT2D eigenvalue weighted by Crippen LogP contribution is 2.22. The van der Waals surface area contributed by atoms with Gasteiger partial charge in [-0.15, -0.1) is 0 Å². The second-order valence-electron chi connectivity index (χ2n) is 5.53. The van der Waals surface area contributed by atoms with Crippen LogP contribution >= 0.6 is 0 Å². The number of ether oxygens (including phenoxy) is 1. The van der Waals surface area contributed by atoms with Crippen LogP contribution in [0.5, 0.6) is 5.75 Å². The minimum Gasteiger partial charge on any atom is -0.410 e. The number of hydrogen-bond acceptors (Lipinski definition) is 5. The molecule has 1 aliphatic carbocycles. The van der Waals surface area contributed by atoms with Crippen LogP contribution in [0.25, 0.3) is 11.4 Å². The van der Waals surface area contributed by atoms with E-state index >= 15 is 0 Å². The van der Waals surface area contributed by atoms with E-state index < -0.39 is 6.09 Å². The zero-order chi connectivity index (χ0) is 15.4. The highest BCUT2D eigenvalue weighted by Gasteiger charge is 2.17. The maximum absolute atomic E-state index is 11.9. The van der Waals surface area contributed by atoms with Crippen molar-refractivity contribution < 1.29 is 14.1 Å². The number of benzene rings is 1.